The molecule has 0 atom stereocenters. The van der Waals surface area contributed by atoms with E-state index in [0.29, 0.717) is 18.4 Å². The zero-order chi connectivity index (χ0) is 14.1. The van der Waals surface area contributed by atoms with Crippen molar-refractivity contribution in [3.8, 4) is 11.9 Å². The van der Waals surface area contributed by atoms with Gasteiger partial charge in [0.1, 0.15) is 5.75 Å². The molecule has 0 bridgehead atoms. The van der Waals surface area contributed by atoms with Gasteiger partial charge in [-0.2, -0.15) is 5.26 Å². The maximum atomic E-state index is 8.70. The molecule has 1 rings (SSSR count). The molecule has 19 heavy (non-hydrogen) atoms. The summed E-state index contributed by atoms with van der Waals surface area (Å²) in [5.74, 6) is 1.85. The molecule has 0 aliphatic rings. The van der Waals surface area contributed by atoms with Gasteiger partial charge >= 0.3 is 0 Å². The number of ether oxygens (including phenoxy) is 1. The van der Waals surface area contributed by atoms with Gasteiger partial charge in [-0.25, -0.2) is 0 Å². The van der Waals surface area contributed by atoms with Crippen molar-refractivity contribution in [1.82, 2.24) is 5.32 Å². The molecule has 1 aromatic rings. The molecule has 0 spiro atoms. The van der Waals surface area contributed by atoms with Crippen molar-refractivity contribution in [3.05, 3.63) is 24.3 Å². The quantitative estimate of drug-likeness (QED) is 0.369. The standard InChI is InChI=1S/C14H20N4O/c1-11(2)8-9-16-14(17-10-15)18-12-4-6-13(19-3)7-5-12/h4-7,11H,8-9H2,1-3H3,(H2,16,17,18). The fourth-order valence-corrected chi connectivity index (χ4v) is 1.41. The van der Waals surface area contributed by atoms with E-state index < -0.39 is 0 Å². The monoisotopic (exact) mass is 260 g/mol. The van der Waals surface area contributed by atoms with Gasteiger partial charge in [0.2, 0.25) is 5.96 Å². The van der Waals surface area contributed by atoms with Gasteiger partial charge in [-0.3, -0.25) is 10.3 Å². The van der Waals surface area contributed by atoms with Crippen LogP contribution in [-0.4, -0.2) is 19.6 Å². The average molecular weight is 260 g/mol. The van der Waals surface area contributed by atoms with Crippen LogP contribution < -0.4 is 15.4 Å². The molecular weight excluding hydrogens is 240 g/mol. The van der Waals surface area contributed by atoms with E-state index in [0.717, 1.165) is 17.9 Å². The lowest BCUT2D eigenvalue weighted by Gasteiger charge is -2.09. The van der Waals surface area contributed by atoms with Gasteiger partial charge in [-0.05, 0) is 36.6 Å². The third-order valence-corrected chi connectivity index (χ3v) is 2.50. The number of rotatable bonds is 5. The number of aliphatic imine (C=N–C) groups is 1. The molecule has 0 radical (unpaired) electrons. The number of nitrogens with one attached hydrogen (secondary N) is 2. The minimum Gasteiger partial charge on any atom is -0.497 e. The summed E-state index contributed by atoms with van der Waals surface area (Å²) in [6, 6.07) is 7.44. The molecule has 0 saturated heterocycles. The van der Waals surface area contributed by atoms with Gasteiger partial charge < -0.3 is 10.1 Å². The van der Waals surface area contributed by atoms with Crippen LogP contribution in [0.3, 0.4) is 0 Å². The summed E-state index contributed by atoms with van der Waals surface area (Å²) in [6.45, 7) is 4.97. The predicted molar refractivity (Wildman–Crippen MR) is 77.1 cm³/mol. The highest BCUT2D eigenvalue weighted by Gasteiger charge is 2.00. The zero-order valence-electron chi connectivity index (χ0n) is 11.6. The van der Waals surface area contributed by atoms with Crippen molar-refractivity contribution >= 4 is 11.6 Å². The molecule has 0 aliphatic heterocycles. The molecule has 0 fully saturated rings. The summed E-state index contributed by atoms with van der Waals surface area (Å²) in [5.41, 5.74) is 0.854. The fraction of sp³-hybridized carbons (Fsp3) is 0.429. The van der Waals surface area contributed by atoms with E-state index in [-0.39, 0.29) is 0 Å². The van der Waals surface area contributed by atoms with E-state index in [1.165, 1.54) is 0 Å². The number of nitrogens with zero attached hydrogens (tertiary/aromatic N) is 2. The summed E-state index contributed by atoms with van der Waals surface area (Å²) in [7, 11) is 1.62. The second-order valence-electron chi connectivity index (χ2n) is 4.50. The molecule has 0 aromatic heterocycles. The van der Waals surface area contributed by atoms with Gasteiger partial charge in [0, 0.05) is 12.2 Å². The Morgan fingerprint density at radius 1 is 1.37 bits per heavy atom. The van der Waals surface area contributed by atoms with Crippen LogP contribution in [0.4, 0.5) is 5.69 Å². The van der Waals surface area contributed by atoms with E-state index in [4.69, 9.17) is 10.00 Å². The first-order chi connectivity index (χ1) is 9.15. The lowest BCUT2D eigenvalue weighted by atomic mass is 10.1. The zero-order valence-corrected chi connectivity index (χ0v) is 11.6. The molecule has 0 heterocycles. The molecule has 102 valence electrons. The third-order valence-electron chi connectivity index (χ3n) is 2.50. The van der Waals surface area contributed by atoms with Gasteiger partial charge in [-0.15, -0.1) is 0 Å². The fourth-order valence-electron chi connectivity index (χ4n) is 1.41. The number of methoxy groups -OCH3 is 1. The Hall–Kier alpha value is -2.22. The van der Waals surface area contributed by atoms with E-state index in [2.05, 4.69) is 29.5 Å². The van der Waals surface area contributed by atoms with Crippen molar-refractivity contribution < 1.29 is 4.74 Å². The van der Waals surface area contributed by atoms with E-state index in [9.17, 15) is 0 Å². The first kappa shape index (κ1) is 14.8. The maximum absolute atomic E-state index is 8.70. The Morgan fingerprint density at radius 2 is 2.05 bits per heavy atom. The minimum atomic E-state index is 0.466. The number of hydrogen-bond donors (Lipinski definition) is 2. The summed E-state index contributed by atoms with van der Waals surface area (Å²) < 4.78 is 5.09. The summed E-state index contributed by atoms with van der Waals surface area (Å²) in [4.78, 5) is 4.33. The Balaban J connectivity index is 2.63. The van der Waals surface area contributed by atoms with Crippen molar-refractivity contribution in [2.45, 2.75) is 20.3 Å². The minimum absolute atomic E-state index is 0.466. The Labute approximate surface area is 114 Å². The van der Waals surface area contributed by atoms with Crippen LogP contribution in [0.5, 0.6) is 5.75 Å². The highest BCUT2D eigenvalue weighted by Crippen LogP contribution is 2.14. The van der Waals surface area contributed by atoms with E-state index in [1.807, 2.05) is 30.5 Å². The Morgan fingerprint density at radius 3 is 2.58 bits per heavy atom. The molecule has 2 N–H and O–H groups in total. The largest absolute Gasteiger partial charge is 0.497 e. The van der Waals surface area contributed by atoms with E-state index >= 15 is 0 Å². The molecule has 0 aliphatic carbocycles. The number of benzene rings is 1. The second kappa shape index (κ2) is 7.98. The van der Waals surface area contributed by atoms with Crippen LogP contribution >= 0.6 is 0 Å². The number of anilines is 1. The SMILES string of the molecule is COc1ccc(NC(=NCCC(C)C)NC#N)cc1. The lowest BCUT2D eigenvalue weighted by molar-refractivity contribution is 0.415. The molecule has 0 saturated carbocycles. The van der Waals surface area contributed by atoms with Crippen LogP contribution in [0.25, 0.3) is 0 Å². The summed E-state index contributed by atoms with van der Waals surface area (Å²) in [5, 5.41) is 14.3. The normalized spacial score (nSPS) is 11.0. The molecule has 5 heteroatoms. The highest BCUT2D eigenvalue weighted by molar-refractivity contribution is 5.94. The highest BCUT2D eigenvalue weighted by atomic mass is 16.5. The van der Waals surface area contributed by atoms with Crippen LogP contribution in [0.15, 0.2) is 29.3 Å². The predicted octanol–water partition coefficient (Wildman–Crippen LogP) is 2.58. The number of hydrogen-bond acceptors (Lipinski definition) is 3. The smallest absolute Gasteiger partial charge is 0.209 e. The molecule has 5 nitrogen and oxygen atoms in total. The van der Waals surface area contributed by atoms with Crippen molar-refractivity contribution in [1.29, 1.82) is 5.26 Å². The van der Waals surface area contributed by atoms with E-state index in [1.54, 1.807) is 7.11 Å². The van der Waals surface area contributed by atoms with Crippen LogP contribution in [0.1, 0.15) is 20.3 Å². The first-order valence-electron chi connectivity index (χ1n) is 6.26. The number of guanidine groups is 1. The third kappa shape index (κ3) is 5.77. The molecule has 0 unspecified atom stereocenters. The van der Waals surface area contributed by atoms with Crippen LogP contribution in [-0.2, 0) is 0 Å². The van der Waals surface area contributed by atoms with Gasteiger partial charge in [0.25, 0.3) is 0 Å². The van der Waals surface area contributed by atoms with Crippen LogP contribution in [0.2, 0.25) is 0 Å². The molecule has 0 amide bonds. The average Bonchev–Trinajstić information content (AvgIpc) is 2.39. The van der Waals surface area contributed by atoms with Crippen molar-refractivity contribution in [3.63, 3.8) is 0 Å². The maximum Gasteiger partial charge on any atom is 0.209 e. The van der Waals surface area contributed by atoms with Crippen LogP contribution in [0, 0.1) is 17.4 Å². The van der Waals surface area contributed by atoms with Gasteiger partial charge in [0.05, 0.1) is 7.11 Å². The lowest BCUT2D eigenvalue weighted by Crippen LogP contribution is -2.27. The Kier molecular flexibility index (Phi) is 6.23. The molecule has 1 aromatic carbocycles. The Bertz CT molecular complexity index is 446. The van der Waals surface area contributed by atoms with Crippen molar-refractivity contribution in [2.24, 2.45) is 10.9 Å². The first-order valence-corrected chi connectivity index (χ1v) is 6.26. The number of nitriles is 1. The second-order valence-corrected chi connectivity index (χ2v) is 4.50. The van der Waals surface area contributed by atoms with Gasteiger partial charge in [0.15, 0.2) is 6.19 Å². The van der Waals surface area contributed by atoms with Gasteiger partial charge in [-0.1, -0.05) is 13.8 Å². The molecular formula is C14H20N4O. The van der Waals surface area contributed by atoms with Crippen molar-refractivity contribution in [2.75, 3.05) is 19.0 Å². The topological polar surface area (TPSA) is 69.4 Å². The summed E-state index contributed by atoms with van der Waals surface area (Å²) in [6.07, 6.45) is 2.87. The summed E-state index contributed by atoms with van der Waals surface area (Å²) >= 11 is 0.